The Balaban J connectivity index is 2.55. The van der Waals surface area contributed by atoms with Gasteiger partial charge in [-0.3, -0.25) is 9.59 Å². The lowest BCUT2D eigenvalue weighted by molar-refractivity contribution is -0.143. The van der Waals surface area contributed by atoms with Crippen LogP contribution in [0.25, 0.3) is 0 Å². The lowest BCUT2D eigenvalue weighted by Gasteiger charge is -2.19. The average Bonchev–Trinajstić information content (AvgIpc) is 2.66. The zero-order valence-electron chi connectivity index (χ0n) is 11.1. The first kappa shape index (κ1) is 15.4. The molecule has 1 aliphatic rings. The molecule has 0 radical (unpaired) electrons. The molecule has 7 heteroatoms. The third-order valence-corrected chi connectivity index (χ3v) is 2.97. The van der Waals surface area contributed by atoms with Crippen LogP contribution in [0.5, 0.6) is 0 Å². The van der Waals surface area contributed by atoms with E-state index < -0.39 is 30.4 Å². The molecular formula is C12H20N2O5. The number of likely N-dealkylation sites (tertiary alicyclic amines) is 1. The Hall–Kier alpha value is -1.63. The van der Waals surface area contributed by atoms with Gasteiger partial charge in [-0.05, 0) is 5.92 Å². The van der Waals surface area contributed by atoms with Gasteiger partial charge in [-0.1, -0.05) is 13.8 Å². The molecule has 1 rings (SSSR count). The zero-order chi connectivity index (χ0) is 14.6. The van der Waals surface area contributed by atoms with E-state index in [0.29, 0.717) is 19.0 Å². The Morgan fingerprint density at radius 2 is 2.11 bits per heavy atom. The van der Waals surface area contributed by atoms with Crippen molar-refractivity contribution in [1.29, 1.82) is 0 Å². The number of aliphatic hydroxyl groups is 1. The number of carbonyl (C=O) groups is 3. The molecule has 0 saturated carbocycles. The molecular weight excluding hydrogens is 252 g/mol. The molecule has 0 aliphatic carbocycles. The van der Waals surface area contributed by atoms with Crippen LogP contribution in [0.1, 0.15) is 20.3 Å². The van der Waals surface area contributed by atoms with Gasteiger partial charge in [0.15, 0.2) is 0 Å². The van der Waals surface area contributed by atoms with E-state index in [1.54, 1.807) is 4.90 Å². The third kappa shape index (κ3) is 4.20. The fourth-order valence-electron chi connectivity index (χ4n) is 2.04. The van der Waals surface area contributed by atoms with Crippen molar-refractivity contribution in [1.82, 2.24) is 10.2 Å². The predicted octanol–water partition coefficient (Wildman–Crippen LogP) is -0.947. The van der Waals surface area contributed by atoms with Crippen molar-refractivity contribution in [2.75, 3.05) is 19.7 Å². The molecule has 0 aromatic heterocycles. The van der Waals surface area contributed by atoms with Crippen molar-refractivity contribution in [3.63, 3.8) is 0 Å². The van der Waals surface area contributed by atoms with E-state index in [2.05, 4.69) is 5.32 Å². The maximum Gasteiger partial charge on any atom is 0.328 e. The second-order valence-corrected chi connectivity index (χ2v) is 5.18. The number of rotatable bonds is 6. The lowest BCUT2D eigenvalue weighted by atomic mass is 10.1. The number of carboxylic acid groups (broad SMARTS) is 1. The quantitative estimate of drug-likeness (QED) is 0.578. The number of nitrogens with zero attached hydrogens (tertiary/aromatic N) is 1. The molecule has 0 bridgehead atoms. The van der Waals surface area contributed by atoms with Gasteiger partial charge in [0.2, 0.25) is 11.8 Å². The number of aliphatic hydroxyl groups excluding tert-OH is 1. The number of hydrogen-bond donors (Lipinski definition) is 3. The minimum atomic E-state index is -1.32. The number of aliphatic carboxylic acids is 1. The van der Waals surface area contributed by atoms with E-state index in [1.807, 2.05) is 13.8 Å². The number of amides is 2. The first-order valence-corrected chi connectivity index (χ1v) is 6.27. The predicted molar refractivity (Wildman–Crippen MR) is 66.2 cm³/mol. The van der Waals surface area contributed by atoms with Crippen molar-refractivity contribution in [2.24, 2.45) is 11.8 Å². The largest absolute Gasteiger partial charge is 0.480 e. The highest BCUT2D eigenvalue weighted by atomic mass is 16.4. The molecule has 108 valence electrons. The lowest BCUT2D eigenvalue weighted by Crippen LogP contribution is -2.46. The van der Waals surface area contributed by atoms with E-state index in [9.17, 15) is 14.4 Å². The molecule has 1 unspecified atom stereocenters. The van der Waals surface area contributed by atoms with E-state index >= 15 is 0 Å². The SMILES string of the molecule is CC(C)CN1CC(C(=O)N[C@@H](CO)C(=O)O)CC1=O. The van der Waals surface area contributed by atoms with Crippen LogP contribution in [0.2, 0.25) is 0 Å². The van der Waals surface area contributed by atoms with Gasteiger partial charge in [0.05, 0.1) is 12.5 Å². The Bertz CT molecular complexity index is 369. The molecule has 2 atom stereocenters. The van der Waals surface area contributed by atoms with Crippen LogP contribution in [-0.2, 0) is 14.4 Å². The van der Waals surface area contributed by atoms with Gasteiger partial charge in [0.1, 0.15) is 6.04 Å². The van der Waals surface area contributed by atoms with Gasteiger partial charge in [-0.2, -0.15) is 0 Å². The summed E-state index contributed by atoms with van der Waals surface area (Å²) in [5, 5.41) is 19.8. The first-order valence-electron chi connectivity index (χ1n) is 6.27. The van der Waals surface area contributed by atoms with Crippen molar-refractivity contribution < 1.29 is 24.6 Å². The average molecular weight is 272 g/mol. The fraction of sp³-hybridized carbons (Fsp3) is 0.750. The highest BCUT2D eigenvalue weighted by molar-refractivity contribution is 5.91. The van der Waals surface area contributed by atoms with Crippen LogP contribution in [0, 0.1) is 11.8 Å². The van der Waals surface area contributed by atoms with E-state index in [0.717, 1.165) is 0 Å². The second kappa shape index (κ2) is 6.51. The number of hydrogen-bond acceptors (Lipinski definition) is 4. The van der Waals surface area contributed by atoms with Crippen LogP contribution in [-0.4, -0.2) is 58.6 Å². The summed E-state index contributed by atoms with van der Waals surface area (Å²) in [4.78, 5) is 35.8. The van der Waals surface area contributed by atoms with Crippen LogP contribution < -0.4 is 5.32 Å². The highest BCUT2D eigenvalue weighted by Crippen LogP contribution is 2.19. The topological polar surface area (TPSA) is 107 Å². The Morgan fingerprint density at radius 1 is 1.47 bits per heavy atom. The molecule has 3 N–H and O–H groups in total. The maximum atomic E-state index is 11.8. The molecule has 1 saturated heterocycles. The Kier molecular flexibility index (Phi) is 5.29. The van der Waals surface area contributed by atoms with Crippen LogP contribution >= 0.6 is 0 Å². The van der Waals surface area contributed by atoms with E-state index in [-0.39, 0.29) is 12.3 Å². The van der Waals surface area contributed by atoms with E-state index in [4.69, 9.17) is 10.2 Å². The minimum Gasteiger partial charge on any atom is -0.480 e. The Labute approximate surface area is 111 Å². The summed E-state index contributed by atoms with van der Waals surface area (Å²) >= 11 is 0. The van der Waals surface area contributed by atoms with Gasteiger partial charge >= 0.3 is 5.97 Å². The first-order chi connectivity index (χ1) is 8.85. The molecule has 2 amide bonds. The summed E-state index contributed by atoms with van der Waals surface area (Å²) in [5.41, 5.74) is 0. The molecule has 1 heterocycles. The van der Waals surface area contributed by atoms with Gasteiger partial charge < -0.3 is 20.4 Å². The van der Waals surface area contributed by atoms with Crippen molar-refractivity contribution in [3.05, 3.63) is 0 Å². The van der Waals surface area contributed by atoms with Crippen molar-refractivity contribution in [3.8, 4) is 0 Å². The summed E-state index contributed by atoms with van der Waals surface area (Å²) in [6.07, 6.45) is 0.0936. The maximum absolute atomic E-state index is 11.8. The highest BCUT2D eigenvalue weighted by Gasteiger charge is 2.35. The summed E-state index contributed by atoms with van der Waals surface area (Å²) in [5.74, 6) is -2.11. The van der Waals surface area contributed by atoms with Crippen molar-refractivity contribution in [2.45, 2.75) is 26.3 Å². The molecule has 0 aromatic carbocycles. The van der Waals surface area contributed by atoms with Crippen molar-refractivity contribution >= 4 is 17.8 Å². The number of nitrogens with one attached hydrogen (secondary N) is 1. The van der Waals surface area contributed by atoms with Gasteiger partial charge in [-0.25, -0.2) is 4.79 Å². The summed E-state index contributed by atoms with van der Waals surface area (Å²) in [6.45, 7) is 4.18. The van der Waals surface area contributed by atoms with Gasteiger partial charge in [0.25, 0.3) is 0 Å². The van der Waals surface area contributed by atoms with Crippen LogP contribution in [0.3, 0.4) is 0 Å². The molecule has 0 spiro atoms. The number of carbonyl (C=O) groups excluding carboxylic acids is 2. The zero-order valence-corrected chi connectivity index (χ0v) is 11.1. The minimum absolute atomic E-state index is 0.0928. The Morgan fingerprint density at radius 3 is 2.58 bits per heavy atom. The molecule has 7 nitrogen and oxygen atoms in total. The molecule has 19 heavy (non-hydrogen) atoms. The third-order valence-electron chi connectivity index (χ3n) is 2.97. The molecule has 0 aromatic rings. The normalized spacial score (nSPS) is 20.7. The second-order valence-electron chi connectivity index (χ2n) is 5.18. The monoisotopic (exact) mass is 272 g/mol. The van der Waals surface area contributed by atoms with Crippen LogP contribution in [0.4, 0.5) is 0 Å². The molecule has 1 aliphatic heterocycles. The summed E-state index contributed by atoms with van der Waals surface area (Å²) in [7, 11) is 0. The standard InChI is InChI=1S/C12H20N2O5/c1-7(2)4-14-5-8(3-10(14)16)11(17)13-9(6-15)12(18)19/h7-9,15H,3-6H2,1-2H3,(H,13,17)(H,18,19)/t8?,9-/m0/s1. The smallest absolute Gasteiger partial charge is 0.328 e. The van der Waals surface area contributed by atoms with E-state index in [1.165, 1.54) is 0 Å². The summed E-state index contributed by atoms with van der Waals surface area (Å²) in [6, 6.07) is -1.32. The van der Waals surface area contributed by atoms with Gasteiger partial charge in [0, 0.05) is 19.5 Å². The van der Waals surface area contributed by atoms with Crippen LogP contribution in [0.15, 0.2) is 0 Å². The van der Waals surface area contributed by atoms with Gasteiger partial charge in [-0.15, -0.1) is 0 Å². The molecule has 1 fully saturated rings. The fourth-order valence-corrected chi connectivity index (χ4v) is 2.04. The summed E-state index contributed by atoms with van der Waals surface area (Å²) < 4.78 is 0. The number of carboxylic acids is 1.